The van der Waals surface area contributed by atoms with Crippen LogP contribution < -0.4 is 0 Å². The molecule has 98 valence electrons. The summed E-state index contributed by atoms with van der Waals surface area (Å²) in [5, 5.41) is 29.3. The molecule has 3 N–H and O–H groups in total. The molecule has 0 heterocycles. The third-order valence-electron chi connectivity index (χ3n) is 2.88. The van der Waals surface area contributed by atoms with Crippen molar-refractivity contribution in [2.45, 2.75) is 32.8 Å². The van der Waals surface area contributed by atoms with Gasteiger partial charge in [-0.1, -0.05) is 13.0 Å². The number of aliphatic hydroxyl groups is 1. The average Bonchev–Trinajstić information content (AvgIpc) is 2.29. The number of hydrogen-bond donors (Lipinski definition) is 3. The second kappa shape index (κ2) is 5.69. The molecule has 1 aromatic carbocycles. The van der Waals surface area contributed by atoms with Gasteiger partial charge in [0.15, 0.2) is 5.78 Å². The Kier molecular flexibility index (Phi) is 4.50. The van der Waals surface area contributed by atoms with Crippen LogP contribution in [0, 0.1) is 6.92 Å². The highest BCUT2D eigenvalue weighted by Gasteiger charge is 2.18. The Morgan fingerprint density at radius 3 is 2.44 bits per heavy atom. The fourth-order valence-electron chi connectivity index (χ4n) is 1.65. The first kappa shape index (κ1) is 14.3. The minimum atomic E-state index is -0.901. The highest BCUT2D eigenvalue weighted by molar-refractivity contribution is 5.87. The molecular weight excluding hydrogens is 232 g/mol. The van der Waals surface area contributed by atoms with Gasteiger partial charge in [0.05, 0.1) is 6.10 Å². The summed E-state index contributed by atoms with van der Waals surface area (Å²) in [5.74, 6) is -0.491. The van der Waals surface area contributed by atoms with Crippen molar-refractivity contribution < 1.29 is 20.1 Å². The standard InChI is InChI=1S/C14H18O4/c1-8-6-14(18)11(7-13(8)17)10(3)12(16)5-4-9(2)15/h4-7,10,12,16-18H,1-3H3/t10-,12-/m0/s1. The Bertz CT molecular complexity index is 477. The molecule has 1 aromatic rings. The van der Waals surface area contributed by atoms with E-state index < -0.39 is 12.0 Å². The first-order valence-corrected chi connectivity index (χ1v) is 5.72. The maximum atomic E-state index is 10.8. The maximum absolute atomic E-state index is 10.8. The van der Waals surface area contributed by atoms with E-state index in [1.165, 1.54) is 31.2 Å². The summed E-state index contributed by atoms with van der Waals surface area (Å²) in [4.78, 5) is 10.8. The number of phenolic OH excluding ortho intramolecular Hbond substituents is 2. The first-order valence-electron chi connectivity index (χ1n) is 5.72. The van der Waals surface area contributed by atoms with Crippen molar-refractivity contribution in [2.75, 3.05) is 0 Å². The fraction of sp³-hybridized carbons (Fsp3) is 0.357. The number of aliphatic hydroxyl groups excluding tert-OH is 1. The third kappa shape index (κ3) is 3.34. The van der Waals surface area contributed by atoms with Crippen LogP contribution in [0.5, 0.6) is 11.5 Å². The minimum Gasteiger partial charge on any atom is -0.508 e. The van der Waals surface area contributed by atoms with E-state index in [1.54, 1.807) is 13.8 Å². The zero-order chi connectivity index (χ0) is 13.9. The summed E-state index contributed by atoms with van der Waals surface area (Å²) >= 11 is 0. The van der Waals surface area contributed by atoms with Gasteiger partial charge in [0.2, 0.25) is 0 Å². The van der Waals surface area contributed by atoms with Crippen molar-refractivity contribution in [3.05, 3.63) is 35.4 Å². The molecule has 0 amide bonds. The number of hydrogen-bond acceptors (Lipinski definition) is 4. The van der Waals surface area contributed by atoms with Crippen LogP contribution in [0.15, 0.2) is 24.3 Å². The molecule has 0 aliphatic rings. The van der Waals surface area contributed by atoms with E-state index in [0.717, 1.165) is 0 Å². The third-order valence-corrected chi connectivity index (χ3v) is 2.88. The Morgan fingerprint density at radius 1 is 1.28 bits per heavy atom. The topological polar surface area (TPSA) is 77.8 Å². The number of allylic oxidation sites excluding steroid dienone is 1. The van der Waals surface area contributed by atoms with Crippen molar-refractivity contribution in [1.29, 1.82) is 0 Å². The van der Waals surface area contributed by atoms with Crippen molar-refractivity contribution in [2.24, 2.45) is 0 Å². The fourth-order valence-corrected chi connectivity index (χ4v) is 1.65. The van der Waals surface area contributed by atoms with Crippen molar-refractivity contribution in [3.63, 3.8) is 0 Å². The molecule has 0 radical (unpaired) electrons. The van der Waals surface area contributed by atoms with Crippen LogP contribution in [0.1, 0.15) is 30.9 Å². The van der Waals surface area contributed by atoms with E-state index >= 15 is 0 Å². The number of rotatable bonds is 4. The predicted octanol–water partition coefficient (Wildman–Crippen LogP) is 2.02. The average molecular weight is 250 g/mol. The van der Waals surface area contributed by atoms with Crippen molar-refractivity contribution >= 4 is 5.78 Å². The second-order valence-corrected chi connectivity index (χ2v) is 4.45. The van der Waals surface area contributed by atoms with E-state index in [-0.39, 0.29) is 17.3 Å². The highest BCUT2D eigenvalue weighted by Crippen LogP contribution is 2.33. The molecule has 0 aliphatic heterocycles. The number of carbonyl (C=O) groups excluding carboxylic acids is 1. The van der Waals surface area contributed by atoms with Gasteiger partial charge in [0.25, 0.3) is 0 Å². The Balaban J connectivity index is 3.00. The number of phenols is 2. The van der Waals surface area contributed by atoms with Crippen molar-refractivity contribution in [3.8, 4) is 11.5 Å². The zero-order valence-electron chi connectivity index (χ0n) is 10.7. The molecule has 0 aliphatic carbocycles. The van der Waals surface area contributed by atoms with Gasteiger partial charge in [-0.2, -0.15) is 0 Å². The summed E-state index contributed by atoms with van der Waals surface area (Å²) in [6.45, 7) is 4.78. The van der Waals surface area contributed by atoms with Gasteiger partial charge in [-0.3, -0.25) is 4.79 Å². The molecule has 0 spiro atoms. The molecule has 0 aromatic heterocycles. The molecule has 0 unspecified atom stereocenters. The smallest absolute Gasteiger partial charge is 0.152 e. The lowest BCUT2D eigenvalue weighted by atomic mass is 9.93. The molecule has 18 heavy (non-hydrogen) atoms. The first-order chi connectivity index (χ1) is 8.32. The molecule has 0 bridgehead atoms. The molecule has 4 nitrogen and oxygen atoms in total. The Morgan fingerprint density at radius 2 is 1.89 bits per heavy atom. The van der Waals surface area contributed by atoms with Crippen LogP contribution >= 0.6 is 0 Å². The summed E-state index contributed by atoms with van der Waals surface area (Å²) in [5.41, 5.74) is 1.01. The minimum absolute atomic E-state index is 0.0214. The van der Waals surface area contributed by atoms with Gasteiger partial charge >= 0.3 is 0 Å². The van der Waals surface area contributed by atoms with Crippen LogP contribution in [-0.4, -0.2) is 27.2 Å². The van der Waals surface area contributed by atoms with Crippen LogP contribution in [0.2, 0.25) is 0 Å². The van der Waals surface area contributed by atoms with Crippen molar-refractivity contribution in [1.82, 2.24) is 0 Å². The lowest BCUT2D eigenvalue weighted by molar-refractivity contribution is -0.112. The number of aryl methyl sites for hydroxylation is 1. The Labute approximate surface area is 106 Å². The van der Waals surface area contributed by atoms with Crippen LogP contribution in [0.4, 0.5) is 0 Å². The van der Waals surface area contributed by atoms with Crippen LogP contribution in [-0.2, 0) is 4.79 Å². The lowest BCUT2D eigenvalue weighted by Gasteiger charge is -2.18. The van der Waals surface area contributed by atoms with E-state index in [2.05, 4.69) is 0 Å². The number of ketones is 1. The van der Waals surface area contributed by atoms with Gasteiger partial charge in [0, 0.05) is 11.5 Å². The summed E-state index contributed by atoms with van der Waals surface area (Å²) < 4.78 is 0. The van der Waals surface area contributed by atoms with Gasteiger partial charge in [-0.15, -0.1) is 0 Å². The maximum Gasteiger partial charge on any atom is 0.152 e. The van der Waals surface area contributed by atoms with Crippen LogP contribution in [0.3, 0.4) is 0 Å². The second-order valence-electron chi connectivity index (χ2n) is 4.45. The predicted molar refractivity (Wildman–Crippen MR) is 68.8 cm³/mol. The molecule has 0 saturated heterocycles. The van der Waals surface area contributed by atoms with Gasteiger partial charge < -0.3 is 15.3 Å². The van der Waals surface area contributed by atoms with E-state index in [1.807, 2.05) is 0 Å². The monoisotopic (exact) mass is 250 g/mol. The normalized spacial score (nSPS) is 14.7. The number of aromatic hydroxyl groups is 2. The van der Waals surface area contributed by atoms with Crippen LogP contribution in [0.25, 0.3) is 0 Å². The summed E-state index contributed by atoms with van der Waals surface area (Å²) in [6, 6.07) is 2.88. The SMILES string of the molecule is CC(=O)C=C[C@H](O)[C@@H](C)c1cc(O)c(C)cc1O. The van der Waals surface area contributed by atoms with E-state index in [0.29, 0.717) is 11.1 Å². The van der Waals surface area contributed by atoms with E-state index in [9.17, 15) is 20.1 Å². The molecule has 0 saturated carbocycles. The largest absolute Gasteiger partial charge is 0.508 e. The molecule has 4 heteroatoms. The highest BCUT2D eigenvalue weighted by atomic mass is 16.3. The van der Waals surface area contributed by atoms with Gasteiger partial charge in [-0.25, -0.2) is 0 Å². The molecule has 1 rings (SSSR count). The summed E-state index contributed by atoms with van der Waals surface area (Å²) in [7, 11) is 0. The lowest BCUT2D eigenvalue weighted by Crippen LogP contribution is -2.13. The molecular formula is C14H18O4. The number of carbonyl (C=O) groups is 1. The quantitative estimate of drug-likeness (QED) is 0.564. The Hall–Kier alpha value is -1.81. The molecule has 2 atom stereocenters. The zero-order valence-corrected chi connectivity index (χ0v) is 10.7. The number of benzene rings is 1. The van der Waals surface area contributed by atoms with Gasteiger partial charge in [-0.05, 0) is 37.6 Å². The van der Waals surface area contributed by atoms with E-state index in [4.69, 9.17) is 0 Å². The molecule has 0 fully saturated rings. The summed E-state index contributed by atoms with van der Waals surface area (Å²) in [6.07, 6.45) is 1.76. The van der Waals surface area contributed by atoms with Gasteiger partial charge in [0.1, 0.15) is 11.5 Å².